The fourth-order valence-corrected chi connectivity index (χ4v) is 4.16. The summed E-state index contributed by atoms with van der Waals surface area (Å²) in [6.45, 7) is 1.83. The first-order chi connectivity index (χ1) is 15.9. The summed E-state index contributed by atoms with van der Waals surface area (Å²) < 4.78 is 4.97. The number of aliphatic hydroxyl groups excluding tert-OH is 1. The van der Waals surface area contributed by atoms with Crippen LogP contribution in [0, 0.1) is 0 Å². The number of carbonyl (C=O) groups is 2. The molecule has 0 fully saturated rings. The van der Waals surface area contributed by atoms with Gasteiger partial charge in [0.25, 0.3) is 0 Å². The highest BCUT2D eigenvalue weighted by Gasteiger charge is 2.37. The predicted octanol–water partition coefficient (Wildman–Crippen LogP) is 4.70. The molecule has 0 unspecified atom stereocenters. The highest BCUT2D eigenvalue weighted by Crippen LogP contribution is 2.38. The summed E-state index contributed by atoms with van der Waals surface area (Å²) in [4.78, 5) is 27.9. The molecule has 0 bridgehead atoms. The average Bonchev–Trinajstić information content (AvgIpc) is 2.88. The lowest BCUT2D eigenvalue weighted by molar-refractivity contribution is -0.142. The van der Waals surface area contributed by atoms with Crippen LogP contribution in [0.4, 0.5) is 0 Å². The Bertz CT molecular complexity index is 1020. The number of carbonyl (C=O) groups excluding carboxylic acids is 2. The van der Waals surface area contributed by atoms with Crippen LogP contribution in [0.2, 0.25) is 0 Å². The number of hydrogen-bond acceptors (Lipinski definition) is 4. The minimum atomic E-state index is -0.840. The maximum atomic E-state index is 14.0. The third-order valence-electron chi connectivity index (χ3n) is 6.23. The molecule has 5 nitrogen and oxygen atoms in total. The van der Waals surface area contributed by atoms with Crippen molar-refractivity contribution in [2.45, 2.75) is 37.3 Å². The van der Waals surface area contributed by atoms with E-state index in [4.69, 9.17) is 4.74 Å². The van der Waals surface area contributed by atoms with Crippen LogP contribution in [0.1, 0.15) is 48.0 Å². The van der Waals surface area contributed by atoms with Crippen molar-refractivity contribution >= 4 is 11.9 Å². The van der Waals surface area contributed by atoms with Crippen LogP contribution in [0.5, 0.6) is 0 Å². The van der Waals surface area contributed by atoms with Crippen LogP contribution >= 0.6 is 0 Å². The molecule has 5 heteroatoms. The summed E-state index contributed by atoms with van der Waals surface area (Å²) in [5, 5.41) is 10.9. The zero-order chi connectivity index (χ0) is 23.8. The summed E-state index contributed by atoms with van der Waals surface area (Å²) in [5.41, 5.74) is 2.44. The first kappa shape index (κ1) is 24.2. The minimum Gasteiger partial charge on any atom is -0.469 e. The van der Waals surface area contributed by atoms with Crippen LogP contribution in [0.3, 0.4) is 0 Å². The monoisotopic (exact) mass is 445 g/mol. The smallest absolute Gasteiger partial charge is 0.306 e. The van der Waals surface area contributed by atoms with Gasteiger partial charge in [0.2, 0.25) is 5.91 Å². The number of nitrogens with zero attached hydrogens (tertiary/aromatic N) is 1. The van der Waals surface area contributed by atoms with Crippen LogP contribution in [-0.2, 0) is 14.3 Å². The Morgan fingerprint density at radius 3 is 1.76 bits per heavy atom. The quantitative estimate of drug-likeness (QED) is 0.485. The highest BCUT2D eigenvalue weighted by molar-refractivity contribution is 5.86. The van der Waals surface area contributed by atoms with Gasteiger partial charge in [-0.15, -0.1) is 0 Å². The van der Waals surface area contributed by atoms with Crippen molar-refractivity contribution in [1.82, 2.24) is 4.90 Å². The molecule has 1 amide bonds. The molecule has 0 aliphatic heterocycles. The van der Waals surface area contributed by atoms with Gasteiger partial charge in [-0.1, -0.05) is 91.0 Å². The van der Waals surface area contributed by atoms with Crippen LogP contribution in [0.25, 0.3) is 0 Å². The number of hydrogen-bond donors (Lipinski definition) is 1. The Labute approximate surface area is 195 Å². The van der Waals surface area contributed by atoms with E-state index in [1.54, 1.807) is 11.9 Å². The van der Waals surface area contributed by atoms with E-state index in [-0.39, 0.29) is 18.3 Å². The lowest BCUT2D eigenvalue weighted by Crippen LogP contribution is -2.43. The Morgan fingerprint density at radius 2 is 1.27 bits per heavy atom. The predicted molar refractivity (Wildman–Crippen MR) is 129 cm³/mol. The second kappa shape index (κ2) is 11.4. The first-order valence-electron chi connectivity index (χ1n) is 11.1. The maximum absolute atomic E-state index is 14.0. The molecule has 0 heterocycles. The topological polar surface area (TPSA) is 66.8 Å². The Hall–Kier alpha value is -3.44. The molecule has 4 atom stereocenters. The number of likely N-dealkylation sites (N-methyl/N-ethyl adjacent to an activating group) is 1. The average molecular weight is 446 g/mol. The van der Waals surface area contributed by atoms with Gasteiger partial charge in [-0.25, -0.2) is 0 Å². The largest absolute Gasteiger partial charge is 0.469 e. The number of esters is 1. The van der Waals surface area contributed by atoms with E-state index in [1.807, 2.05) is 97.9 Å². The van der Waals surface area contributed by atoms with E-state index in [1.165, 1.54) is 7.11 Å². The van der Waals surface area contributed by atoms with Gasteiger partial charge in [0.05, 0.1) is 31.6 Å². The Kier molecular flexibility index (Phi) is 8.39. The number of amides is 1. The molecule has 0 aliphatic carbocycles. The molecule has 0 saturated heterocycles. The lowest BCUT2D eigenvalue weighted by Gasteiger charge is -2.35. The summed E-state index contributed by atoms with van der Waals surface area (Å²) >= 11 is 0. The molecular formula is C28H31NO4. The van der Waals surface area contributed by atoms with E-state index in [0.717, 1.165) is 16.7 Å². The van der Waals surface area contributed by atoms with Gasteiger partial charge >= 0.3 is 5.97 Å². The maximum Gasteiger partial charge on any atom is 0.306 e. The second-order valence-electron chi connectivity index (χ2n) is 8.23. The molecule has 3 aromatic rings. The van der Waals surface area contributed by atoms with Crippen molar-refractivity contribution in [3.8, 4) is 0 Å². The summed E-state index contributed by atoms with van der Waals surface area (Å²) in [6, 6.07) is 27.9. The standard InChI is InChI=1S/C28H31NO4/c1-20(27(31)23-17-11-6-12-18-23)29(2)28(32)26(22-15-9-5-10-16-22)24(19-25(30)33-3)21-13-7-4-8-14-21/h4-18,20,24,26-27,31H,19H2,1-3H3/t20-,24+,26+,27+/m1/s1. The van der Waals surface area contributed by atoms with Gasteiger partial charge in [-0.05, 0) is 23.6 Å². The minimum absolute atomic E-state index is 0.0648. The molecule has 3 aromatic carbocycles. The zero-order valence-corrected chi connectivity index (χ0v) is 19.3. The number of benzene rings is 3. The Balaban J connectivity index is 2.00. The van der Waals surface area contributed by atoms with Gasteiger partial charge in [-0.3, -0.25) is 9.59 Å². The number of methoxy groups -OCH3 is 1. The first-order valence-corrected chi connectivity index (χ1v) is 11.1. The molecule has 0 radical (unpaired) electrons. The highest BCUT2D eigenvalue weighted by atomic mass is 16.5. The molecule has 3 rings (SSSR count). The third kappa shape index (κ3) is 5.88. The third-order valence-corrected chi connectivity index (χ3v) is 6.23. The summed E-state index contributed by atoms with van der Waals surface area (Å²) in [5.74, 6) is -1.58. The van der Waals surface area contributed by atoms with Gasteiger partial charge in [0.15, 0.2) is 0 Å². The summed E-state index contributed by atoms with van der Waals surface area (Å²) in [7, 11) is 3.06. The van der Waals surface area contributed by atoms with E-state index in [0.29, 0.717) is 0 Å². The van der Waals surface area contributed by atoms with Crippen LogP contribution in [-0.4, -0.2) is 42.1 Å². The van der Waals surface area contributed by atoms with Crippen molar-refractivity contribution in [3.63, 3.8) is 0 Å². The number of ether oxygens (including phenoxy) is 1. The zero-order valence-electron chi connectivity index (χ0n) is 19.3. The summed E-state index contributed by atoms with van der Waals surface area (Å²) in [6.07, 6.45) is -0.776. The molecule has 0 aliphatic rings. The van der Waals surface area contributed by atoms with E-state index >= 15 is 0 Å². The van der Waals surface area contributed by atoms with Gasteiger partial charge < -0.3 is 14.7 Å². The van der Waals surface area contributed by atoms with Crippen molar-refractivity contribution < 1.29 is 19.4 Å². The lowest BCUT2D eigenvalue weighted by atomic mass is 9.78. The van der Waals surface area contributed by atoms with Crippen molar-refractivity contribution in [3.05, 3.63) is 108 Å². The van der Waals surface area contributed by atoms with E-state index < -0.39 is 24.0 Å². The van der Waals surface area contributed by atoms with Crippen LogP contribution < -0.4 is 0 Å². The van der Waals surface area contributed by atoms with Crippen molar-refractivity contribution in [1.29, 1.82) is 0 Å². The number of rotatable bonds is 9. The number of aliphatic hydroxyl groups is 1. The molecule has 33 heavy (non-hydrogen) atoms. The fourth-order valence-electron chi connectivity index (χ4n) is 4.16. The Morgan fingerprint density at radius 1 is 0.818 bits per heavy atom. The van der Waals surface area contributed by atoms with Gasteiger partial charge in [-0.2, -0.15) is 0 Å². The van der Waals surface area contributed by atoms with Gasteiger partial charge in [0.1, 0.15) is 0 Å². The molecule has 0 spiro atoms. The molecule has 1 N–H and O–H groups in total. The van der Waals surface area contributed by atoms with E-state index in [2.05, 4.69) is 0 Å². The van der Waals surface area contributed by atoms with Crippen molar-refractivity contribution in [2.75, 3.05) is 14.2 Å². The molecular weight excluding hydrogens is 414 g/mol. The fraction of sp³-hybridized carbons (Fsp3) is 0.286. The van der Waals surface area contributed by atoms with E-state index in [9.17, 15) is 14.7 Å². The second-order valence-corrected chi connectivity index (χ2v) is 8.23. The van der Waals surface area contributed by atoms with Crippen molar-refractivity contribution in [2.24, 2.45) is 0 Å². The molecule has 0 saturated carbocycles. The molecule has 172 valence electrons. The van der Waals surface area contributed by atoms with Crippen LogP contribution in [0.15, 0.2) is 91.0 Å². The molecule has 0 aromatic heterocycles. The van der Waals surface area contributed by atoms with Gasteiger partial charge in [0, 0.05) is 13.0 Å². The SMILES string of the molecule is COC(=O)C[C@@H](c1ccccc1)[C@@H](C(=O)N(C)[C@H](C)[C@H](O)c1ccccc1)c1ccccc1. The normalized spacial score (nSPS) is 14.5.